The predicted octanol–water partition coefficient (Wildman–Crippen LogP) is 6.67. The van der Waals surface area contributed by atoms with Crippen LogP contribution in [-0.2, 0) is 24.4 Å². The van der Waals surface area contributed by atoms with Crippen LogP contribution in [-0.4, -0.2) is 40.1 Å². The minimum Gasteiger partial charge on any atom is -0.493 e. The van der Waals surface area contributed by atoms with Gasteiger partial charge in [0.25, 0.3) is 5.56 Å². The van der Waals surface area contributed by atoms with Crippen LogP contribution in [0.2, 0.25) is 0 Å². The minimum absolute atomic E-state index is 0.0255. The number of ether oxygens (including phenoxy) is 2. The van der Waals surface area contributed by atoms with Gasteiger partial charge in [-0.25, -0.2) is 9.18 Å². The van der Waals surface area contributed by atoms with Gasteiger partial charge in [-0.1, -0.05) is 74.5 Å². The second-order valence-corrected chi connectivity index (χ2v) is 11.6. The van der Waals surface area contributed by atoms with Crippen molar-refractivity contribution in [3.05, 3.63) is 129 Å². The zero-order valence-corrected chi connectivity index (χ0v) is 26.5. The molecule has 8 nitrogen and oxygen atoms in total. The molecule has 0 spiro atoms. The van der Waals surface area contributed by atoms with Crippen LogP contribution in [0.5, 0.6) is 5.75 Å². The number of aromatic nitrogens is 2. The van der Waals surface area contributed by atoms with Gasteiger partial charge in [-0.15, -0.1) is 0 Å². The molecular formula is C37H37FN4O4. The summed E-state index contributed by atoms with van der Waals surface area (Å²) in [6.07, 6.45) is 1.37. The number of carbonyl (C=O) groups excluding carboxylic acids is 1. The molecule has 0 saturated carbocycles. The van der Waals surface area contributed by atoms with Crippen LogP contribution in [0.4, 0.5) is 4.39 Å². The number of benzene rings is 3. The van der Waals surface area contributed by atoms with E-state index in [1.54, 1.807) is 29.7 Å². The van der Waals surface area contributed by atoms with Gasteiger partial charge in [0.1, 0.15) is 34.4 Å². The van der Waals surface area contributed by atoms with E-state index in [-0.39, 0.29) is 36.5 Å². The van der Waals surface area contributed by atoms with Gasteiger partial charge < -0.3 is 14.0 Å². The molecule has 2 heterocycles. The predicted molar refractivity (Wildman–Crippen MR) is 175 cm³/mol. The van der Waals surface area contributed by atoms with Gasteiger partial charge in [0.2, 0.25) is 0 Å². The van der Waals surface area contributed by atoms with E-state index < -0.39 is 17.3 Å². The smallest absolute Gasteiger partial charge is 0.345 e. The van der Waals surface area contributed by atoms with Gasteiger partial charge in [-0.3, -0.25) is 14.1 Å². The number of halogens is 1. The highest BCUT2D eigenvalue weighted by Gasteiger charge is 2.28. The van der Waals surface area contributed by atoms with Gasteiger partial charge in [-0.05, 0) is 49.2 Å². The first-order valence-corrected chi connectivity index (χ1v) is 15.3. The number of esters is 1. The molecule has 2 aromatic heterocycles. The maximum Gasteiger partial charge on any atom is 0.345 e. The fourth-order valence-corrected chi connectivity index (χ4v) is 5.52. The number of rotatable bonds is 12. The number of fused-ring (bicyclic) bond motifs is 1. The molecule has 0 aliphatic carbocycles. The molecule has 46 heavy (non-hydrogen) atoms. The number of hydrogen-bond donors (Lipinski definition) is 0. The summed E-state index contributed by atoms with van der Waals surface area (Å²) in [5.74, 6) is -0.198. The molecule has 0 bridgehead atoms. The van der Waals surface area contributed by atoms with E-state index in [0.29, 0.717) is 47.2 Å². The molecule has 0 N–H and O–H groups in total. The van der Waals surface area contributed by atoms with Crippen molar-refractivity contribution in [3.8, 4) is 22.9 Å². The highest BCUT2D eigenvalue weighted by atomic mass is 19.1. The summed E-state index contributed by atoms with van der Waals surface area (Å²) < 4.78 is 29.1. The number of nitriles is 1. The average molecular weight is 621 g/mol. The molecule has 9 heteroatoms. The molecule has 5 rings (SSSR count). The monoisotopic (exact) mass is 620 g/mol. The molecule has 0 atom stereocenters. The zero-order valence-electron chi connectivity index (χ0n) is 26.5. The van der Waals surface area contributed by atoms with E-state index in [9.17, 15) is 19.2 Å². The van der Waals surface area contributed by atoms with Crippen molar-refractivity contribution in [1.29, 1.82) is 5.26 Å². The molecule has 0 aliphatic rings. The molecule has 0 saturated heterocycles. The molecule has 0 amide bonds. The highest BCUT2D eigenvalue weighted by molar-refractivity contribution is 5.90. The topological polar surface area (TPSA) is 89.0 Å². The van der Waals surface area contributed by atoms with Crippen molar-refractivity contribution < 1.29 is 18.7 Å². The van der Waals surface area contributed by atoms with E-state index in [2.05, 4.69) is 19.9 Å². The summed E-state index contributed by atoms with van der Waals surface area (Å²) in [4.78, 5) is 29.4. The normalized spacial score (nSPS) is 11.3. The van der Waals surface area contributed by atoms with Crippen molar-refractivity contribution in [2.75, 3.05) is 20.3 Å². The quantitative estimate of drug-likeness (QED) is 0.145. The van der Waals surface area contributed by atoms with E-state index >= 15 is 0 Å². The summed E-state index contributed by atoms with van der Waals surface area (Å²) in [7, 11) is 1.93. The zero-order chi connectivity index (χ0) is 32.8. The molecule has 5 aromatic rings. The van der Waals surface area contributed by atoms with Crippen LogP contribution in [0, 0.1) is 23.1 Å². The summed E-state index contributed by atoms with van der Waals surface area (Å²) in [5.41, 5.74) is 2.88. The Labute approximate surface area is 267 Å². The lowest BCUT2D eigenvalue weighted by atomic mass is 10.0. The molecule has 0 unspecified atom stereocenters. The van der Waals surface area contributed by atoms with Crippen molar-refractivity contribution in [3.63, 3.8) is 0 Å². The Hall–Kier alpha value is -5.20. The summed E-state index contributed by atoms with van der Waals surface area (Å²) in [6, 6.07) is 26.0. The largest absolute Gasteiger partial charge is 0.493 e. The van der Waals surface area contributed by atoms with E-state index in [1.807, 2.05) is 66.5 Å². The van der Waals surface area contributed by atoms with E-state index in [4.69, 9.17) is 9.47 Å². The third-order valence-corrected chi connectivity index (χ3v) is 7.58. The first-order valence-electron chi connectivity index (χ1n) is 15.3. The average Bonchev–Trinajstić information content (AvgIpc) is 3.37. The molecule has 0 radical (unpaired) electrons. The Balaban J connectivity index is 1.77. The highest BCUT2D eigenvalue weighted by Crippen LogP contribution is 2.35. The molecular weight excluding hydrogens is 583 g/mol. The lowest BCUT2D eigenvalue weighted by molar-refractivity contribution is 0.0523. The minimum atomic E-state index is -0.791. The number of nitrogens with zero attached hydrogens (tertiary/aromatic N) is 4. The summed E-state index contributed by atoms with van der Waals surface area (Å²) in [6.45, 7) is 7.23. The van der Waals surface area contributed by atoms with Gasteiger partial charge in [-0.2, -0.15) is 5.26 Å². The van der Waals surface area contributed by atoms with Gasteiger partial charge in [0, 0.05) is 30.4 Å². The number of carbonyl (C=O) groups is 1. The summed E-state index contributed by atoms with van der Waals surface area (Å²) in [5, 5.41) is 10.7. The van der Waals surface area contributed by atoms with Crippen LogP contribution in [0.15, 0.2) is 89.9 Å². The van der Waals surface area contributed by atoms with Gasteiger partial charge >= 0.3 is 5.97 Å². The second-order valence-electron chi connectivity index (χ2n) is 11.6. The fraction of sp³-hybridized carbons (Fsp3) is 0.270. The Bertz CT molecular complexity index is 1940. The van der Waals surface area contributed by atoms with Crippen LogP contribution in [0.1, 0.15) is 53.5 Å². The first kappa shape index (κ1) is 32.2. The Morgan fingerprint density at radius 1 is 1.00 bits per heavy atom. The fourth-order valence-electron chi connectivity index (χ4n) is 5.52. The Morgan fingerprint density at radius 2 is 1.70 bits per heavy atom. The second kappa shape index (κ2) is 14.3. The molecule has 0 fully saturated rings. The lowest BCUT2D eigenvalue weighted by Gasteiger charge is -2.19. The Morgan fingerprint density at radius 3 is 2.35 bits per heavy atom. The van der Waals surface area contributed by atoms with Crippen molar-refractivity contribution in [1.82, 2.24) is 13.9 Å². The molecule has 236 valence electrons. The Kier molecular flexibility index (Phi) is 9.99. The van der Waals surface area contributed by atoms with Crippen molar-refractivity contribution in [2.24, 2.45) is 5.92 Å². The van der Waals surface area contributed by atoms with Crippen LogP contribution in [0.25, 0.3) is 16.8 Å². The third kappa shape index (κ3) is 6.87. The standard InChI is InChI=1S/C37H37FN4O4/c1-5-45-37(44)31-22-41(21-28-13-9-10-14-32(28)38)35-30(19-39)34(27-15-17-29(18-16-27)46-24-25(2)3)33(42(35)36(31)43)23-40(4)20-26-11-7-6-8-12-26/h6-18,22,25H,5,20-21,23-24H2,1-4H3. The van der Waals surface area contributed by atoms with Crippen LogP contribution >= 0.6 is 0 Å². The summed E-state index contributed by atoms with van der Waals surface area (Å²) >= 11 is 0. The van der Waals surface area contributed by atoms with E-state index in [1.165, 1.54) is 16.7 Å². The lowest BCUT2D eigenvalue weighted by Crippen LogP contribution is -2.29. The molecule has 3 aromatic carbocycles. The maximum atomic E-state index is 14.9. The maximum absolute atomic E-state index is 14.9. The van der Waals surface area contributed by atoms with Gasteiger partial charge in [0.05, 0.1) is 25.5 Å². The van der Waals surface area contributed by atoms with Crippen LogP contribution in [0.3, 0.4) is 0 Å². The number of hydrogen-bond acceptors (Lipinski definition) is 6. The van der Waals surface area contributed by atoms with Crippen LogP contribution < -0.4 is 10.3 Å². The van der Waals surface area contributed by atoms with Crippen molar-refractivity contribution in [2.45, 2.75) is 40.4 Å². The SMILES string of the molecule is CCOC(=O)c1cn(Cc2ccccc2F)c2c(C#N)c(-c3ccc(OCC(C)C)cc3)c(CN(C)Cc3ccccc3)n2c1=O. The molecule has 0 aliphatic heterocycles. The third-order valence-electron chi connectivity index (χ3n) is 7.58. The van der Waals surface area contributed by atoms with E-state index in [0.717, 1.165) is 5.56 Å². The first-order chi connectivity index (χ1) is 22.2. The van der Waals surface area contributed by atoms with Gasteiger partial charge in [0.15, 0.2) is 0 Å². The van der Waals surface area contributed by atoms with Crippen molar-refractivity contribution >= 4 is 11.6 Å².